The Morgan fingerprint density at radius 2 is 2.11 bits per heavy atom. The molecule has 1 N–H and O–H groups in total. The summed E-state index contributed by atoms with van der Waals surface area (Å²) in [5.41, 5.74) is 0. The van der Waals surface area contributed by atoms with E-state index < -0.39 is 5.97 Å². The highest BCUT2D eigenvalue weighted by molar-refractivity contribution is 9.10. The van der Waals surface area contributed by atoms with E-state index in [1.807, 2.05) is 12.1 Å². The maximum Gasteiger partial charge on any atom is 0.307 e. The molecule has 2 unspecified atom stereocenters. The molecule has 5 heteroatoms. The third-order valence-electron chi connectivity index (χ3n) is 3.24. The molecule has 3 nitrogen and oxygen atoms in total. The first-order chi connectivity index (χ1) is 8.66. The summed E-state index contributed by atoms with van der Waals surface area (Å²) in [5.74, 6) is -0.894. The average Bonchev–Trinajstić information content (AvgIpc) is 2.57. The number of rotatable bonds is 3. The van der Waals surface area contributed by atoms with E-state index in [1.54, 1.807) is 18.0 Å². The summed E-state index contributed by atoms with van der Waals surface area (Å²) in [6, 6.07) is 3.89. The summed E-state index contributed by atoms with van der Waals surface area (Å²) in [6.45, 7) is 0. The monoisotopic (exact) mass is 329 g/mol. The van der Waals surface area contributed by atoms with Gasteiger partial charge in [-0.05, 0) is 40.9 Å². The fourth-order valence-electron chi connectivity index (χ4n) is 2.28. The molecule has 0 spiro atoms. The molecule has 0 amide bonds. The van der Waals surface area contributed by atoms with Gasteiger partial charge in [0.25, 0.3) is 0 Å². The Bertz CT molecular complexity index is 410. The Kier molecular flexibility index (Phi) is 5.06. The molecule has 0 aliphatic heterocycles. The second-order valence-electron chi connectivity index (χ2n) is 4.55. The summed E-state index contributed by atoms with van der Waals surface area (Å²) in [5, 5.41) is 10.4. The first-order valence-electron chi connectivity index (χ1n) is 6.18. The Morgan fingerprint density at radius 3 is 2.78 bits per heavy atom. The minimum absolute atomic E-state index is 0.152. The summed E-state index contributed by atoms with van der Waals surface area (Å²) in [6.07, 6.45) is 6.83. The van der Waals surface area contributed by atoms with E-state index in [1.165, 1.54) is 0 Å². The van der Waals surface area contributed by atoms with Gasteiger partial charge in [0.15, 0.2) is 0 Å². The number of hydrogen-bond donors (Lipinski definition) is 1. The van der Waals surface area contributed by atoms with Crippen LogP contribution in [-0.2, 0) is 4.79 Å². The predicted molar refractivity (Wildman–Crippen MR) is 75.8 cm³/mol. The van der Waals surface area contributed by atoms with Gasteiger partial charge in [-0.3, -0.25) is 4.79 Å². The number of hydrogen-bond acceptors (Lipinski definition) is 3. The minimum atomic E-state index is -0.661. The molecule has 0 saturated heterocycles. The summed E-state index contributed by atoms with van der Waals surface area (Å²) >= 11 is 4.96. The lowest BCUT2D eigenvalue weighted by atomic mass is 10.0. The van der Waals surface area contributed by atoms with Crippen LogP contribution < -0.4 is 0 Å². The molecule has 18 heavy (non-hydrogen) atoms. The Labute approximate surface area is 120 Å². The summed E-state index contributed by atoms with van der Waals surface area (Å²) in [7, 11) is 0. The van der Waals surface area contributed by atoms with E-state index in [0.29, 0.717) is 0 Å². The Hall–Kier alpha value is -0.550. The number of halogens is 1. The number of aromatic nitrogens is 1. The topological polar surface area (TPSA) is 50.2 Å². The fraction of sp³-hybridized carbons (Fsp3) is 0.538. The van der Waals surface area contributed by atoms with Crippen LogP contribution in [0, 0.1) is 5.92 Å². The largest absolute Gasteiger partial charge is 0.481 e. The molecule has 0 bridgehead atoms. The maximum atomic E-state index is 11.3. The minimum Gasteiger partial charge on any atom is -0.481 e. The van der Waals surface area contributed by atoms with Crippen molar-refractivity contribution in [1.82, 2.24) is 4.98 Å². The molecule has 1 aliphatic carbocycles. The third-order valence-corrected chi connectivity index (χ3v) is 5.06. The molecule has 1 aliphatic rings. The smallest absolute Gasteiger partial charge is 0.307 e. The van der Waals surface area contributed by atoms with Crippen LogP contribution in [0.4, 0.5) is 0 Å². The molecule has 2 rings (SSSR count). The predicted octanol–water partition coefficient (Wildman–Crippen LogP) is 3.97. The van der Waals surface area contributed by atoms with Crippen molar-refractivity contribution in [2.75, 3.05) is 0 Å². The number of thioether (sulfide) groups is 1. The number of pyridine rings is 1. The van der Waals surface area contributed by atoms with Crippen LogP contribution in [-0.4, -0.2) is 21.3 Å². The number of carboxylic acid groups (broad SMARTS) is 1. The zero-order chi connectivity index (χ0) is 13.0. The Morgan fingerprint density at radius 1 is 1.33 bits per heavy atom. The maximum absolute atomic E-state index is 11.3. The van der Waals surface area contributed by atoms with Gasteiger partial charge in [-0.2, -0.15) is 0 Å². The highest BCUT2D eigenvalue weighted by Gasteiger charge is 2.30. The van der Waals surface area contributed by atoms with Gasteiger partial charge in [0.1, 0.15) is 0 Å². The van der Waals surface area contributed by atoms with Gasteiger partial charge in [-0.15, -0.1) is 11.8 Å². The van der Waals surface area contributed by atoms with Gasteiger partial charge in [-0.1, -0.05) is 19.3 Å². The van der Waals surface area contributed by atoms with Crippen LogP contribution in [0.15, 0.2) is 27.8 Å². The molecule has 0 radical (unpaired) electrons. The molecule has 1 aromatic rings. The van der Waals surface area contributed by atoms with Gasteiger partial charge >= 0.3 is 5.97 Å². The van der Waals surface area contributed by atoms with Gasteiger partial charge in [0.2, 0.25) is 0 Å². The molecular formula is C13H16BrNO2S. The number of carboxylic acids is 1. The highest BCUT2D eigenvalue weighted by atomic mass is 79.9. The molecular weight excluding hydrogens is 314 g/mol. The Balaban J connectivity index is 2.08. The quantitative estimate of drug-likeness (QED) is 0.852. The molecule has 1 aromatic heterocycles. The van der Waals surface area contributed by atoms with Crippen molar-refractivity contribution in [2.24, 2.45) is 5.92 Å². The molecule has 1 saturated carbocycles. The van der Waals surface area contributed by atoms with Crippen molar-refractivity contribution in [1.29, 1.82) is 0 Å². The van der Waals surface area contributed by atoms with Crippen molar-refractivity contribution in [3.63, 3.8) is 0 Å². The van der Waals surface area contributed by atoms with Crippen molar-refractivity contribution < 1.29 is 9.90 Å². The van der Waals surface area contributed by atoms with Crippen LogP contribution in [0.1, 0.15) is 32.1 Å². The van der Waals surface area contributed by atoms with Crippen LogP contribution in [0.25, 0.3) is 0 Å². The zero-order valence-electron chi connectivity index (χ0n) is 10.0. The number of carbonyl (C=O) groups is 1. The summed E-state index contributed by atoms with van der Waals surface area (Å²) < 4.78 is 0.947. The zero-order valence-corrected chi connectivity index (χ0v) is 12.4. The van der Waals surface area contributed by atoms with E-state index in [2.05, 4.69) is 20.9 Å². The van der Waals surface area contributed by atoms with Crippen LogP contribution in [0.2, 0.25) is 0 Å². The lowest BCUT2D eigenvalue weighted by Crippen LogP contribution is -2.24. The molecule has 1 fully saturated rings. The molecule has 98 valence electrons. The number of aliphatic carboxylic acids is 1. The van der Waals surface area contributed by atoms with E-state index in [-0.39, 0.29) is 11.2 Å². The first kappa shape index (κ1) is 13.9. The average molecular weight is 330 g/mol. The van der Waals surface area contributed by atoms with Crippen LogP contribution >= 0.6 is 27.7 Å². The van der Waals surface area contributed by atoms with E-state index in [9.17, 15) is 9.90 Å². The van der Waals surface area contributed by atoms with Gasteiger partial charge < -0.3 is 5.11 Å². The summed E-state index contributed by atoms with van der Waals surface area (Å²) in [4.78, 5) is 15.6. The van der Waals surface area contributed by atoms with Gasteiger partial charge in [0, 0.05) is 15.9 Å². The van der Waals surface area contributed by atoms with Gasteiger partial charge in [-0.25, -0.2) is 4.98 Å². The lowest BCUT2D eigenvalue weighted by Gasteiger charge is -2.20. The van der Waals surface area contributed by atoms with Crippen LogP contribution in [0.5, 0.6) is 0 Å². The van der Waals surface area contributed by atoms with E-state index in [0.717, 1.165) is 41.6 Å². The molecule has 0 aromatic carbocycles. The second kappa shape index (κ2) is 6.57. The lowest BCUT2D eigenvalue weighted by molar-refractivity contribution is -0.141. The van der Waals surface area contributed by atoms with Gasteiger partial charge in [0.05, 0.1) is 10.9 Å². The second-order valence-corrected chi connectivity index (χ2v) is 6.73. The fourth-order valence-corrected chi connectivity index (χ4v) is 3.79. The SMILES string of the molecule is O=C(O)C1CCCCCC1Sc1ccc(Br)cn1. The first-order valence-corrected chi connectivity index (χ1v) is 7.85. The van der Waals surface area contributed by atoms with E-state index >= 15 is 0 Å². The molecule has 1 heterocycles. The van der Waals surface area contributed by atoms with E-state index in [4.69, 9.17) is 0 Å². The van der Waals surface area contributed by atoms with Crippen molar-refractivity contribution in [3.05, 3.63) is 22.8 Å². The van der Waals surface area contributed by atoms with Crippen molar-refractivity contribution in [3.8, 4) is 0 Å². The highest BCUT2D eigenvalue weighted by Crippen LogP contribution is 2.36. The van der Waals surface area contributed by atoms with Crippen molar-refractivity contribution in [2.45, 2.75) is 42.4 Å². The standard InChI is InChI=1S/C13H16BrNO2S/c14-9-6-7-12(15-8-9)18-11-5-3-1-2-4-10(11)13(16)17/h6-8,10-11H,1-5H2,(H,16,17). The van der Waals surface area contributed by atoms with Crippen molar-refractivity contribution >= 4 is 33.7 Å². The normalized spacial score (nSPS) is 24.5. The number of nitrogens with zero attached hydrogens (tertiary/aromatic N) is 1. The van der Waals surface area contributed by atoms with Crippen LogP contribution in [0.3, 0.4) is 0 Å². The molecule has 2 atom stereocenters. The third kappa shape index (κ3) is 3.72.